The quantitative estimate of drug-likeness (QED) is 0.681. The summed E-state index contributed by atoms with van der Waals surface area (Å²) >= 11 is 5.05. The normalized spacial score (nSPS) is 11.1. The van der Waals surface area contributed by atoms with Gasteiger partial charge in [-0.2, -0.15) is 0 Å². The van der Waals surface area contributed by atoms with Crippen molar-refractivity contribution in [2.75, 3.05) is 0 Å². The molecule has 0 unspecified atom stereocenters. The number of carbonyl (C=O) groups is 1. The Bertz CT molecular complexity index is 902. The maximum absolute atomic E-state index is 12.4. The number of benzene rings is 1. The summed E-state index contributed by atoms with van der Waals surface area (Å²) in [6.45, 7) is 6.41. The number of hydrogen-bond acceptors (Lipinski definition) is 5. The van der Waals surface area contributed by atoms with Crippen LogP contribution in [0.5, 0.6) is 0 Å². The summed E-state index contributed by atoms with van der Waals surface area (Å²) in [6.07, 6.45) is 0. The van der Waals surface area contributed by atoms with E-state index in [2.05, 4.69) is 50.4 Å². The molecule has 1 aromatic carbocycles. The molecule has 25 heavy (non-hydrogen) atoms. The van der Waals surface area contributed by atoms with Crippen LogP contribution >= 0.6 is 27.3 Å². The molecule has 0 bridgehead atoms. The van der Waals surface area contributed by atoms with Crippen LogP contribution in [0.3, 0.4) is 0 Å². The van der Waals surface area contributed by atoms with Crippen molar-refractivity contribution < 1.29 is 4.79 Å². The predicted molar refractivity (Wildman–Crippen MR) is 101 cm³/mol. The van der Waals surface area contributed by atoms with Crippen LogP contribution in [0.2, 0.25) is 0 Å². The first-order valence-electron chi connectivity index (χ1n) is 7.86. The fourth-order valence-corrected chi connectivity index (χ4v) is 3.54. The van der Waals surface area contributed by atoms with Crippen molar-refractivity contribution in [1.82, 2.24) is 25.3 Å². The maximum Gasteiger partial charge on any atom is 0.274 e. The van der Waals surface area contributed by atoms with Crippen molar-refractivity contribution in [1.29, 1.82) is 0 Å². The molecule has 0 saturated heterocycles. The number of rotatable bonds is 5. The molecule has 6 nitrogen and oxygen atoms in total. The van der Waals surface area contributed by atoms with E-state index in [1.165, 1.54) is 0 Å². The summed E-state index contributed by atoms with van der Waals surface area (Å²) < 4.78 is 2.59. The Morgan fingerprint density at radius 1 is 1.40 bits per heavy atom. The van der Waals surface area contributed by atoms with E-state index in [1.807, 2.05) is 36.6 Å². The van der Waals surface area contributed by atoms with Gasteiger partial charge in [-0.1, -0.05) is 41.1 Å². The predicted octanol–water partition coefficient (Wildman–Crippen LogP) is 3.85. The number of carbonyl (C=O) groups excluding carboxylic acids is 1. The molecule has 0 aliphatic heterocycles. The second kappa shape index (κ2) is 7.45. The Morgan fingerprint density at radius 3 is 2.88 bits per heavy atom. The summed E-state index contributed by atoms with van der Waals surface area (Å²) in [4.78, 5) is 16.9. The number of hydrogen-bond donors (Lipinski definition) is 1. The monoisotopic (exact) mass is 419 g/mol. The molecule has 2 aromatic heterocycles. The van der Waals surface area contributed by atoms with Gasteiger partial charge < -0.3 is 5.32 Å². The standard InChI is InChI=1S/C17H18BrN5OS/c1-10(2)17-20-13(9-25-17)8-19-16(24)15-11(3)23(22-21-15)14-6-4-5-12(18)7-14/h4-7,9-10H,8H2,1-3H3,(H,19,24). The lowest BCUT2D eigenvalue weighted by molar-refractivity contribution is 0.0944. The SMILES string of the molecule is Cc1c(C(=O)NCc2csc(C(C)C)n2)nnn1-c1cccc(Br)c1. The average molecular weight is 420 g/mol. The minimum Gasteiger partial charge on any atom is -0.345 e. The minimum atomic E-state index is -0.252. The number of aromatic nitrogens is 4. The number of thiazole rings is 1. The molecule has 1 amide bonds. The molecule has 0 aliphatic carbocycles. The van der Waals surface area contributed by atoms with Gasteiger partial charge in [0.05, 0.1) is 28.6 Å². The Morgan fingerprint density at radius 2 is 2.20 bits per heavy atom. The van der Waals surface area contributed by atoms with Crippen LogP contribution < -0.4 is 5.32 Å². The van der Waals surface area contributed by atoms with E-state index >= 15 is 0 Å². The minimum absolute atomic E-state index is 0.252. The third kappa shape index (κ3) is 3.96. The van der Waals surface area contributed by atoms with Crippen LogP contribution in [0, 0.1) is 6.92 Å². The Labute approximate surface area is 158 Å². The summed E-state index contributed by atoms with van der Waals surface area (Å²) in [7, 11) is 0. The Hall–Kier alpha value is -2.06. The fourth-order valence-electron chi connectivity index (χ4n) is 2.32. The molecule has 0 saturated carbocycles. The van der Waals surface area contributed by atoms with E-state index in [4.69, 9.17) is 0 Å². The fraction of sp³-hybridized carbons (Fsp3) is 0.294. The lowest BCUT2D eigenvalue weighted by Gasteiger charge is -2.05. The van der Waals surface area contributed by atoms with Gasteiger partial charge in [-0.15, -0.1) is 16.4 Å². The summed E-state index contributed by atoms with van der Waals surface area (Å²) in [5.41, 5.74) is 2.72. The molecule has 3 aromatic rings. The highest BCUT2D eigenvalue weighted by atomic mass is 79.9. The smallest absolute Gasteiger partial charge is 0.274 e. The second-order valence-electron chi connectivity index (χ2n) is 5.93. The third-order valence-corrected chi connectivity index (χ3v) is 5.34. The summed E-state index contributed by atoms with van der Waals surface area (Å²) in [5.74, 6) is 0.139. The van der Waals surface area contributed by atoms with Gasteiger partial charge in [0.2, 0.25) is 0 Å². The van der Waals surface area contributed by atoms with E-state index in [0.717, 1.165) is 20.9 Å². The zero-order chi connectivity index (χ0) is 18.0. The molecule has 8 heteroatoms. The average Bonchev–Trinajstić information content (AvgIpc) is 3.19. The zero-order valence-electron chi connectivity index (χ0n) is 14.2. The van der Waals surface area contributed by atoms with Crippen molar-refractivity contribution >= 4 is 33.2 Å². The number of nitrogens with one attached hydrogen (secondary N) is 1. The van der Waals surface area contributed by atoms with Crippen LogP contribution in [-0.2, 0) is 6.54 Å². The Balaban J connectivity index is 1.72. The molecular formula is C17H18BrN5OS. The van der Waals surface area contributed by atoms with Crippen molar-refractivity contribution in [2.24, 2.45) is 0 Å². The van der Waals surface area contributed by atoms with Crippen molar-refractivity contribution in [3.05, 3.63) is 56.2 Å². The van der Waals surface area contributed by atoms with Gasteiger partial charge >= 0.3 is 0 Å². The van der Waals surface area contributed by atoms with Crippen LogP contribution in [0.1, 0.15) is 46.6 Å². The largest absolute Gasteiger partial charge is 0.345 e. The van der Waals surface area contributed by atoms with Gasteiger partial charge in [-0.25, -0.2) is 9.67 Å². The first-order chi connectivity index (χ1) is 12.0. The van der Waals surface area contributed by atoms with E-state index in [0.29, 0.717) is 23.9 Å². The highest BCUT2D eigenvalue weighted by molar-refractivity contribution is 9.10. The molecule has 0 atom stereocenters. The highest BCUT2D eigenvalue weighted by Crippen LogP contribution is 2.19. The molecule has 1 N–H and O–H groups in total. The van der Waals surface area contributed by atoms with Gasteiger partial charge in [-0.3, -0.25) is 4.79 Å². The van der Waals surface area contributed by atoms with E-state index < -0.39 is 0 Å². The highest BCUT2D eigenvalue weighted by Gasteiger charge is 2.17. The third-order valence-electron chi connectivity index (χ3n) is 3.66. The Kier molecular flexibility index (Phi) is 5.29. The van der Waals surface area contributed by atoms with Gasteiger partial charge in [-0.05, 0) is 25.1 Å². The topological polar surface area (TPSA) is 72.7 Å². The van der Waals surface area contributed by atoms with Gasteiger partial charge in [0, 0.05) is 15.8 Å². The number of amides is 1. The van der Waals surface area contributed by atoms with Gasteiger partial charge in [0.1, 0.15) is 0 Å². The van der Waals surface area contributed by atoms with Crippen molar-refractivity contribution in [3.63, 3.8) is 0 Å². The van der Waals surface area contributed by atoms with Gasteiger partial charge in [0.15, 0.2) is 5.69 Å². The molecule has 0 radical (unpaired) electrons. The summed E-state index contributed by atoms with van der Waals surface area (Å²) in [5, 5.41) is 14.0. The lowest BCUT2D eigenvalue weighted by atomic mass is 10.2. The zero-order valence-corrected chi connectivity index (χ0v) is 16.6. The van der Waals surface area contributed by atoms with E-state index in [1.54, 1.807) is 16.0 Å². The lowest BCUT2D eigenvalue weighted by Crippen LogP contribution is -2.24. The molecule has 3 rings (SSSR count). The number of halogens is 1. The first-order valence-corrected chi connectivity index (χ1v) is 9.53. The van der Waals surface area contributed by atoms with Crippen LogP contribution in [-0.4, -0.2) is 25.9 Å². The van der Waals surface area contributed by atoms with Crippen molar-refractivity contribution in [2.45, 2.75) is 33.2 Å². The van der Waals surface area contributed by atoms with Crippen LogP contribution in [0.25, 0.3) is 5.69 Å². The van der Waals surface area contributed by atoms with E-state index in [9.17, 15) is 4.79 Å². The molecule has 2 heterocycles. The van der Waals surface area contributed by atoms with Crippen LogP contribution in [0.15, 0.2) is 34.1 Å². The van der Waals surface area contributed by atoms with E-state index in [-0.39, 0.29) is 5.91 Å². The molecule has 0 aliphatic rings. The maximum atomic E-state index is 12.4. The first kappa shape index (κ1) is 17.8. The molecule has 0 fully saturated rings. The molecule has 130 valence electrons. The van der Waals surface area contributed by atoms with Crippen LogP contribution in [0.4, 0.5) is 0 Å². The number of nitrogens with zero attached hydrogens (tertiary/aromatic N) is 4. The van der Waals surface area contributed by atoms with Gasteiger partial charge in [0.25, 0.3) is 5.91 Å². The summed E-state index contributed by atoms with van der Waals surface area (Å²) in [6, 6.07) is 7.68. The molecular weight excluding hydrogens is 402 g/mol. The second-order valence-corrected chi connectivity index (χ2v) is 7.73. The van der Waals surface area contributed by atoms with Crippen molar-refractivity contribution in [3.8, 4) is 5.69 Å². The molecule has 0 spiro atoms.